The summed E-state index contributed by atoms with van der Waals surface area (Å²) in [6.45, 7) is 5.57. The molecule has 21 heavy (non-hydrogen) atoms. The molecule has 1 atom stereocenters. The summed E-state index contributed by atoms with van der Waals surface area (Å²) in [4.78, 5) is 11.7. The summed E-state index contributed by atoms with van der Waals surface area (Å²) < 4.78 is 33.6. The van der Waals surface area contributed by atoms with Crippen LogP contribution < -0.4 is 0 Å². The molecule has 0 aromatic rings. The molecule has 0 spiro atoms. The highest BCUT2D eigenvalue weighted by Crippen LogP contribution is 2.26. The van der Waals surface area contributed by atoms with Crippen molar-refractivity contribution < 1.29 is 17.9 Å². The molecule has 0 aromatic carbocycles. The maximum absolute atomic E-state index is 12.7. The second-order valence-electron chi connectivity index (χ2n) is 5.89. The van der Waals surface area contributed by atoms with E-state index in [-0.39, 0.29) is 17.9 Å². The first kappa shape index (κ1) is 16.7. The number of hydrogen-bond donors (Lipinski definition) is 0. The van der Waals surface area contributed by atoms with Gasteiger partial charge in [0.15, 0.2) is 0 Å². The van der Waals surface area contributed by atoms with Crippen LogP contribution in [-0.2, 0) is 19.7 Å². The molecule has 2 aliphatic heterocycles. The van der Waals surface area contributed by atoms with Crippen LogP contribution in [-0.4, -0.2) is 55.3 Å². The van der Waals surface area contributed by atoms with Crippen molar-refractivity contribution in [1.82, 2.24) is 8.61 Å². The van der Waals surface area contributed by atoms with Crippen molar-refractivity contribution in [1.29, 1.82) is 0 Å². The molecular formula is C14H26N2O4S. The predicted molar refractivity (Wildman–Crippen MR) is 79.9 cm³/mol. The minimum atomic E-state index is -3.38. The summed E-state index contributed by atoms with van der Waals surface area (Å²) in [6, 6.07) is 0.0755. The van der Waals surface area contributed by atoms with Gasteiger partial charge in [-0.3, -0.25) is 4.79 Å². The Labute approximate surface area is 127 Å². The molecular weight excluding hydrogens is 292 g/mol. The normalized spacial score (nSPS) is 26.7. The molecule has 7 heteroatoms. The van der Waals surface area contributed by atoms with Crippen molar-refractivity contribution in [3.63, 3.8) is 0 Å². The van der Waals surface area contributed by atoms with Gasteiger partial charge in [0, 0.05) is 25.7 Å². The van der Waals surface area contributed by atoms with Gasteiger partial charge in [-0.25, -0.2) is 0 Å². The zero-order valence-electron chi connectivity index (χ0n) is 13.0. The van der Waals surface area contributed by atoms with Crippen molar-refractivity contribution in [2.24, 2.45) is 5.92 Å². The molecule has 2 aliphatic rings. The van der Waals surface area contributed by atoms with Gasteiger partial charge in [0.05, 0.1) is 12.5 Å². The van der Waals surface area contributed by atoms with E-state index in [0.717, 1.165) is 19.3 Å². The van der Waals surface area contributed by atoms with E-state index in [1.165, 1.54) is 4.31 Å². The molecule has 0 radical (unpaired) electrons. The molecule has 122 valence electrons. The van der Waals surface area contributed by atoms with Gasteiger partial charge in [-0.15, -0.1) is 0 Å². The van der Waals surface area contributed by atoms with Gasteiger partial charge in [-0.1, -0.05) is 6.42 Å². The van der Waals surface area contributed by atoms with Crippen LogP contribution in [0.5, 0.6) is 0 Å². The predicted octanol–water partition coefficient (Wildman–Crippen LogP) is 1.38. The summed E-state index contributed by atoms with van der Waals surface area (Å²) in [6.07, 6.45) is 4.07. The van der Waals surface area contributed by atoms with Crippen LogP contribution in [0.2, 0.25) is 0 Å². The minimum Gasteiger partial charge on any atom is -0.466 e. The molecule has 2 heterocycles. The maximum atomic E-state index is 12.7. The number of ether oxygens (including phenoxy) is 1. The standard InChI is InChI=1S/C14H26N2O4S/c1-3-20-14(17)13-7-10-15(11-8-13)21(18,19)16-9-5-4-6-12(16)2/h12-13H,3-11H2,1-2H3. The van der Waals surface area contributed by atoms with Gasteiger partial charge in [0.1, 0.15) is 0 Å². The van der Waals surface area contributed by atoms with Crippen molar-refractivity contribution in [2.45, 2.75) is 52.0 Å². The number of rotatable bonds is 4. The third-order valence-corrected chi connectivity index (χ3v) is 6.59. The quantitative estimate of drug-likeness (QED) is 0.735. The second kappa shape index (κ2) is 7.07. The van der Waals surface area contributed by atoms with Crippen LogP contribution in [0.3, 0.4) is 0 Å². The van der Waals surface area contributed by atoms with Gasteiger partial charge >= 0.3 is 5.97 Å². The van der Waals surface area contributed by atoms with Crippen molar-refractivity contribution in [3.05, 3.63) is 0 Å². The smallest absolute Gasteiger partial charge is 0.309 e. The first-order valence-electron chi connectivity index (χ1n) is 7.90. The Balaban J connectivity index is 1.96. The zero-order chi connectivity index (χ0) is 15.5. The molecule has 0 aromatic heterocycles. The van der Waals surface area contributed by atoms with E-state index >= 15 is 0 Å². The largest absolute Gasteiger partial charge is 0.466 e. The number of carbonyl (C=O) groups is 1. The first-order valence-corrected chi connectivity index (χ1v) is 9.30. The Morgan fingerprint density at radius 1 is 1.14 bits per heavy atom. The molecule has 1 unspecified atom stereocenters. The van der Waals surface area contributed by atoms with E-state index in [4.69, 9.17) is 4.74 Å². The molecule has 0 N–H and O–H groups in total. The van der Waals surface area contributed by atoms with Crippen LogP contribution >= 0.6 is 0 Å². The summed E-state index contributed by atoms with van der Waals surface area (Å²) in [5.41, 5.74) is 0. The Morgan fingerprint density at radius 2 is 1.81 bits per heavy atom. The zero-order valence-corrected chi connectivity index (χ0v) is 13.8. The summed E-state index contributed by atoms with van der Waals surface area (Å²) in [7, 11) is -3.38. The Kier molecular flexibility index (Phi) is 5.62. The van der Waals surface area contributed by atoms with E-state index in [0.29, 0.717) is 39.1 Å². The van der Waals surface area contributed by atoms with Gasteiger partial charge in [-0.2, -0.15) is 17.0 Å². The fourth-order valence-electron chi connectivity index (χ4n) is 3.15. The Morgan fingerprint density at radius 3 is 2.38 bits per heavy atom. The number of carbonyl (C=O) groups excluding carboxylic acids is 1. The molecule has 0 bridgehead atoms. The molecule has 0 aliphatic carbocycles. The molecule has 2 rings (SSSR count). The summed E-state index contributed by atoms with van der Waals surface area (Å²) in [5, 5.41) is 0. The highest BCUT2D eigenvalue weighted by atomic mass is 32.2. The minimum absolute atomic E-state index is 0.0755. The average molecular weight is 318 g/mol. The fraction of sp³-hybridized carbons (Fsp3) is 0.929. The number of piperidine rings is 2. The van der Waals surface area contributed by atoms with Crippen molar-refractivity contribution >= 4 is 16.2 Å². The lowest BCUT2D eigenvalue weighted by Gasteiger charge is -2.38. The highest BCUT2D eigenvalue weighted by molar-refractivity contribution is 7.86. The van der Waals surface area contributed by atoms with Crippen molar-refractivity contribution in [2.75, 3.05) is 26.2 Å². The van der Waals surface area contributed by atoms with Crippen LogP contribution in [0.15, 0.2) is 0 Å². The topological polar surface area (TPSA) is 66.9 Å². The summed E-state index contributed by atoms with van der Waals surface area (Å²) >= 11 is 0. The lowest BCUT2D eigenvalue weighted by molar-refractivity contribution is -0.149. The van der Waals surface area contributed by atoms with Gasteiger partial charge < -0.3 is 4.74 Å². The molecule has 2 fully saturated rings. The van der Waals surface area contributed by atoms with Crippen LogP contribution in [0, 0.1) is 5.92 Å². The Hall–Kier alpha value is -0.660. The van der Waals surface area contributed by atoms with Crippen molar-refractivity contribution in [3.8, 4) is 0 Å². The van der Waals surface area contributed by atoms with E-state index in [1.54, 1.807) is 11.2 Å². The van der Waals surface area contributed by atoms with E-state index in [2.05, 4.69) is 0 Å². The maximum Gasteiger partial charge on any atom is 0.309 e. The van der Waals surface area contributed by atoms with E-state index in [9.17, 15) is 13.2 Å². The van der Waals surface area contributed by atoms with Gasteiger partial charge in [0.25, 0.3) is 10.2 Å². The third kappa shape index (κ3) is 3.76. The SMILES string of the molecule is CCOC(=O)C1CCN(S(=O)(=O)N2CCCCC2C)CC1. The monoisotopic (exact) mass is 318 g/mol. The number of esters is 1. The Bertz CT molecular complexity index is 458. The van der Waals surface area contributed by atoms with E-state index in [1.807, 2.05) is 6.92 Å². The van der Waals surface area contributed by atoms with Crippen LogP contribution in [0.25, 0.3) is 0 Å². The van der Waals surface area contributed by atoms with Gasteiger partial charge in [-0.05, 0) is 39.5 Å². The molecule has 0 saturated carbocycles. The fourth-order valence-corrected chi connectivity index (χ4v) is 5.03. The number of nitrogens with zero attached hydrogens (tertiary/aromatic N) is 2. The third-order valence-electron chi connectivity index (χ3n) is 4.44. The lowest BCUT2D eigenvalue weighted by Crippen LogP contribution is -2.52. The molecule has 2 saturated heterocycles. The van der Waals surface area contributed by atoms with Crippen LogP contribution in [0.1, 0.15) is 46.0 Å². The molecule has 0 amide bonds. The summed E-state index contributed by atoms with van der Waals surface area (Å²) in [5.74, 6) is -0.351. The van der Waals surface area contributed by atoms with Crippen LogP contribution in [0.4, 0.5) is 0 Å². The molecule has 6 nitrogen and oxygen atoms in total. The van der Waals surface area contributed by atoms with E-state index < -0.39 is 10.2 Å². The highest BCUT2D eigenvalue weighted by Gasteiger charge is 2.37. The number of hydrogen-bond acceptors (Lipinski definition) is 4. The first-order chi connectivity index (χ1) is 9.96. The lowest BCUT2D eigenvalue weighted by atomic mass is 9.98. The van der Waals surface area contributed by atoms with Gasteiger partial charge in [0.2, 0.25) is 0 Å². The second-order valence-corrected chi connectivity index (χ2v) is 7.77. The average Bonchev–Trinajstić information content (AvgIpc) is 2.48.